The Labute approximate surface area is 136 Å². The quantitative estimate of drug-likeness (QED) is 0.847. The molecule has 0 saturated heterocycles. The van der Waals surface area contributed by atoms with E-state index in [-0.39, 0.29) is 25.1 Å². The molecule has 0 bridgehead atoms. The van der Waals surface area contributed by atoms with Gasteiger partial charge in [-0.2, -0.15) is 4.98 Å². The number of hydrogen-bond donors (Lipinski definition) is 0. The van der Waals surface area contributed by atoms with Crippen molar-refractivity contribution in [3.05, 3.63) is 41.5 Å². The number of halogens is 3. The Bertz CT molecular complexity index is 893. The molecule has 2 heterocycles. The first kappa shape index (κ1) is 15.6. The van der Waals surface area contributed by atoms with Gasteiger partial charge in [0.15, 0.2) is 12.0 Å². The molecule has 1 saturated carbocycles. The Morgan fingerprint density at radius 2 is 1.92 bits per heavy atom. The minimum Gasteiger partial charge on any atom is -0.247 e. The molecule has 0 radical (unpaired) electrons. The molecule has 1 aliphatic heterocycles. The lowest BCUT2D eigenvalue weighted by atomic mass is 9.97. The summed E-state index contributed by atoms with van der Waals surface area (Å²) in [5, 5.41) is 2.63. The van der Waals surface area contributed by atoms with E-state index < -0.39 is 44.4 Å². The van der Waals surface area contributed by atoms with Crippen molar-refractivity contribution in [3.63, 3.8) is 0 Å². The summed E-state index contributed by atoms with van der Waals surface area (Å²) in [6.07, 6.45) is -2.76. The Kier molecular flexibility index (Phi) is 3.45. The minimum atomic E-state index is -3.87. The standard InChI is InChI=1S/C15H14F3N3O2S/c16-9-3-1-2-8(4-9)13-7-12(18)14-19-15(20-21(13)14)24(22,23)11-5-10(17)6-11/h1-4,10-13H,5-7H2/t10?,11?,12-,13-/m0/s1. The maximum absolute atomic E-state index is 14.2. The van der Waals surface area contributed by atoms with Gasteiger partial charge in [0.2, 0.25) is 9.84 Å². The Balaban J connectivity index is 1.71. The van der Waals surface area contributed by atoms with E-state index in [1.54, 1.807) is 6.07 Å². The van der Waals surface area contributed by atoms with Gasteiger partial charge in [-0.3, -0.25) is 0 Å². The number of nitrogens with zero attached hydrogens (tertiary/aromatic N) is 3. The second-order valence-corrected chi connectivity index (χ2v) is 8.33. The monoisotopic (exact) mass is 357 g/mol. The maximum Gasteiger partial charge on any atom is 0.267 e. The molecule has 24 heavy (non-hydrogen) atoms. The molecule has 0 N–H and O–H groups in total. The number of hydrogen-bond acceptors (Lipinski definition) is 4. The summed E-state index contributed by atoms with van der Waals surface area (Å²) in [5.74, 6) is -0.549. The Morgan fingerprint density at radius 3 is 2.58 bits per heavy atom. The van der Waals surface area contributed by atoms with E-state index in [9.17, 15) is 21.6 Å². The smallest absolute Gasteiger partial charge is 0.247 e. The number of benzene rings is 1. The second kappa shape index (κ2) is 5.30. The van der Waals surface area contributed by atoms with Gasteiger partial charge in [-0.25, -0.2) is 26.3 Å². The number of aromatic nitrogens is 3. The SMILES string of the molecule is O=S(=O)(c1nc2n(n1)[C@H](c1cccc(F)c1)C[C@@H]2F)C1CC(F)C1. The van der Waals surface area contributed by atoms with Crippen LogP contribution in [0.3, 0.4) is 0 Å². The van der Waals surface area contributed by atoms with Crippen LogP contribution >= 0.6 is 0 Å². The summed E-state index contributed by atoms with van der Waals surface area (Å²) < 4.78 is 66.6. The van der Waals surface area contributed by atoms with Crippen LogP contribution in [0, 0.1) is 5.82 Å². The van der Waals surface area contributed by atoms with Gasteiger partial charge < -0.3 is 0 Å². The van der Waals surface area contributed by atoms with Gasteiger partial charge in [0.25, 0.3) is 5.16 Å². The molecule has 0 unspecified atom stereocenters. The highest BCUT2D eigenvalue weighted by Gasteiger charge is 2.44. The number of sulfone groups is 1. The molecule has 1 fully saturated rings. The second-order valence-electron chi connectivity index (χ2n) is 6.21. The van der Waals surface area contributed by atoms with Gasteiger partial charge in [0, 0.05) is 6.42 Å². The zero-order valence-electron chi connectivity index (χ0n) is 12.4. The summed E-state index contributed by atoms with van der Waals surface area (Å²) in [4.78, 5) is 3.84. The first-order valence-corrected chi connectivity index (χ1v) is 9.15. The molecular formula is C15H14F3N3O2S. The molecule has 1 aromatic heterocycles. The van der Waals surface area contributed by atoms with Gasteiger partial charge in [0.05, 0.1) is 11.3 Å². The van der Waals surface area contributed by atoms with Crippen molar-refractivity contribution in [3.8, 4) is 0 Å². The van der Waals surface area contributed by atoms with Crippen molar-refractivity contribution in [2.24, 2.45) is 0 Å². The summed E-state index contributed by atoms with van der Waals surface area (Å²) >= 11 is 0. The van der Waals surface area contributed by atoms with Crippen LogP contribution in [0.4, 0.5) is 13.2 Å². The molecule has 1 aliphatic carbocycles. The summed E-state index contributed by atoms with van der Waals surface area (Å²) in [5.41, 5.74) is 0.498. The van der Waals surface area contributed by atoms with Crippen LogP contribution in [-0.4, -0.2) is 34.6 Å². The highest BCUT2D eigenvalue weighted by molar-refractivity contribution is 7.91. The fourth-order valence-corrected chi connectivity index (χ4v) is 4.82. The lowest BCUT2D eigenvalue weighted by Crippen LogP contribution is -2.37. The van der Waals surface area contributed by atoms with Crippen molar-refractivity contribution in [1.29, 1.82) is 0 Å². The average Bonchev–Trinajstić information content (AvgIpc) is 3.05. The number of fused-ring (bicyclic) bond motifs is 1. The van der Waals surface area contributed by atoms with Crippen LogP contribution in [0.2, 0.25) is 0 Å². The summed E-state index contributed by atoms with van der Waals surface area (Å²) in [6.45, 7) is 0. The maximum atomic E-state index is 14.2. The number of rotatable bonds is 3. The van der Waals surface area contributed by atoms with E-state index in [2.05, 4.69) is 10.1 Å². The molecule has 2 atom stereocenters. The molecule has 4 rings (SSSR count). The van der Waals surface area contributed by atoms with Crippen molar-refractivity contribution in [2.75, 3.05) is 0 Å². The largest absolute Gasteiger partial charge is 0.267 e. The fraction of sp³-hybridized carbons (Fsp3) is 0.467. The lowest BCUT2D eigenvalue weighted by molar-refractivity contribution is 0.213. The Hall–Kier alpha value is -1.90. The predicted octanol–water partition coefficient (Wildman–Crippen LogP) is 2.70. The van der Waals surface area contributed by atoms with Crippen molar-refractivity contribution in [2.45, 2.75) is 48.1 Å². The molecule has 5 nitrogen and oxygen atoms in total. The van der Waals surface area contributed by atoms with Crippen molar-refractivity contribution < 1.29 is 21.6 Å². The van der Waals surface area contributed by atoms with Gasteiger partial charge in [0.1, 0.15) is 12.0 Å². The lowest BCUT2D eigenvalue weighted by Gasteiger charge is -2.27. The van der Waals surface area contributed by atoms with Crippen LogP contribution in [0.25, 0.3) is 0 Å². The zero-order chi connectivity index (χ0) is 17.1. The molecule has 128 valence electrons. The predicted molar refractivity (Wildman–Crippen MR) is 78.1 cm³/mol. The van der Waals surface area contributed by atoms with Crippen LogP contribution in [-0.2, 0) is 9.84 Å². The third kappa shape index (κ3) is 2.33. The van der Waals surface area contributed by atoms with Gasteiger partial charge >= 0.3 is 0 Å². The van der Waals surface area contributed by atoms with Crippen LogP contribution < -0.4 is 0 Å². The topological polar surface area (TPSA) is 64.8 Å². The minimum absolute atomic E-state index is 0.0229. The van der Waals surface area contributed by atoms with E-state index in [1.165, 1.54) is 22.9 Å². The normalized spacial score (nSPS) is 29.3. The molecule has 2 aliphatic rings. The van der Waals surface area contributed by atoms with Crippen molar-refractivity contribution in [1.82, 2.24) is 14.8 Å². The van der Waals surface area contributed by atoms with E-state index in [4.69, 9.17) is 0 Å². The fourth-order valence-electron chi connectivity index (χ4n) is 3.17. The Morgan fingerprint density at radius 1 is 1.17 bits per heavy atom. The van der Waals surface area contributed by atoms with Gasteiger partial charge in [-0.15, -0.1) is 5.10 Å². The molecule has 9 heteroatoms. The zero-order valence-corrected chi connectivity index (χ0v) is 13.3. The molecule has 1 aromatic carbocycles. The van der Waals surface area contributed by atoms with E-state index >= 15 is 0 Å². The van der Waals surface area contributed by atoms with E-state index in [1.807, 2.05) is 0 Å². The summed E-state index contributed by atoms with van der Waals surface area (Å²) in [7, 11) is -3.87. The van der Waals surface area contributed by atoms with E-state index in [0.29, 0.717) is 5.56 Å². The third-order valence-corrected chi connectivity index (χ3v) is 6.55. The molecular weight excluding hydrogens is 343 g/mol. The first-order valence-electron chi connectivity index (χ1n) is 7.60. The van der Waals surface area contributed by atoms with Crippen LogP contribution in [0.1, 0.15) is 42.9 Å². The summed E-state index contributed by atoms with van der Waals surface area (Å²) in [6, 6.07) is 5.05. The highest BCUT2D eigenvalue weighted by Crippen LogP contribution is 2.41. The van der Waals surface area contributed by atoms with Gasteiger partial charge in [-0.1, -0.05) is 12.1 Å². The van der Waals surface area contributed by atoms with Gasteiger partial charge in [-0.05, 0) is 30.5 Å². The molecule has 2 aromatic rings. The van der Waals surface area contributed by atoms with Crippen molar-refractivity contribution >= 4 is 9.84 Å². The third-order valence-electron chi connectivity index (χ3n) is 4.61. The molecule has 0 amide bonds. The van der Waals surface area contributed by atoms with Crippen LogP contribution in [0.5, 0.6) is 0 Å². The first-order chi connectivity index (χ1) is 11.4. The highest BCUT2D eigenvalue weighted by atomic mass is 32.2. The van der Waals surface area contributed by atoms with Crippen LogP contribution in [0.15, 0.2) is 29.4 Å². The number of alkyl halides is 2. The molecule has 0 spiro atoms. The van der Waals surface area contributed by atoms with E-state index in [0.717, 1.165) is 0 Å². The average molecular weight is 357 g/mol.